The highest BCUT2D eigenvalue weighted by atomic mass is 16.7. The highest BCUT2D eigenvalue weighted by Crippen LogP contribution is 2.49. The van der Waals surface area contributed by atoms with Crippen molar-refractivity contribution in [1.29, 1.82) is 0 Å². The lowest BCUT2D eigenvalue weighted by molar-refractivity contribution is -0.185. The number of allylic oxidation sites excluding steroid dienone is 2. The molecule has 0 unspecified atom stereocenters. The SMILES string of the molecule is CC/C=C\C[C@@H]1[C@@H](CCCCCOCC(=O)OC(C)(C)C)CCC12OCCO2. The molecule has 0 bridgehead atoms. The van der Waals surface area contributed by atoms with Crippen LogP contribution in [0.5, 0.6) is 0 Å². The molecule has 1 spiro atoms. The fraction of sp³-hybridized carbons (Fsp3) is 0.870. The molecule has 162 valence electrons. The van der Waals surface area contributed by atoms with Crippen LogP contribution in [0.15, 0.2) is 12.2 Å². The van der Waals surface area contributed by atoms with Crippen LogP contribution >= 0.6 is 0 Å². The average molecular weight is 397 g/mol. The number of esters is 1. The van der Waals surface area contributed by atoms with E-state index in [0.717, 1.165) is 45.3 Å². The third-order valence-electron chi connectivity index (χ3n) is 5.57. The van der Waals surface area contributed by atoms with E-state index in [0.29, 0.717) is 18.4 Å². The van der Waals surface area contributed by atoms with Gasteiger partial charge in [0, 0.05) is 18.9 Å². The molecule has 28 heavy (non-hydrogen) atoms. The molecule has 0 amide bonds. The summed E-state index contributed by atoms with van der Waals surface area (Å²) in [5.41, 5.74) is -0.450. The van der Waals surface area contributed by atoms with Crippen LogP contribution < -0.4 is 0 Å². The first kappa shape index (κ1) is 23.4. The van der Waals surface area contributed by atoms with Crippen molar-refractivity contribution < 1.29 is 23.7 Å². The van der Waals surface area contributed by atoms with E-state index in [1.165, 1.54) is 19.3 Å². The Morgan fingerprint density at radius 2 is 1.89 bits per heavy atom. The maximum Gasteiger partial charge on any atom is 0.332 e. The molecule has 1 saturated heterocycles. The Labute approximate surface area is 171 Å². The van der Waals surface area contributed by atoms with Crippen molar-refractivity contribution in [2.24, 2.45) is 11.8 Å². The number of hydrogen-bond acceptors (Lipinski definition) is 5. The minimum atomic E-state index is -0.450. The van der Waals surface area contributed by atoms with Gasteiger partial charge in [0.2, 0.25) is 0 Å². The van der Waals surface area contributed by atoms with E-state index in [9.17, 15) is 4.79 Å². The quantitative estimate of drug-likeness (QED) is 0.278. The van der Waals surface area contributed by atoms with E-state index in [1.54, 1.807) is 0 Å². The normalized spacial score (nSPS) is 24.4. The Morgan fingerprint density at radius 1 is 1.14 bits per heavy atom. The van der Waals surface area contributed by atoms with Gasteiger partial charge in [-0.05, 0) is 58.8 Å². The van der Waals surface area contributed by atoms with Gasteiger partial charge < -0.3 is 18.9 Å². The van der Waals surface area contributed by atoms with Gasteiger partial charge in [-0.1, -0.05) is 31.9 Å². The number of ether oxygens (including phenoxy) is 4. The molecule has 0 aromatic carbocycles. The zero-order valence-electron chi connectivity index (χ0n) is 18.3. The Bertz CT molecular complexity index is 488. The molecule has 5 nitrogen and oxygen atoms in total. The molecule has 1 heterocycles. The van der Waals surface area contributed by atoms with Gasteiger partial charge in [-0.25, -0.2) is 4.79 Å². The lowest BCUT2D eigenvalue weighted by atomic mass is 9.86. The number of carbonyl (C=O) groups is 1. The third-order valence-corrected chi connectivity index (χ3v) is 5.57. The first-order valence-electron chi connectivity index (χ1n) is 11.1. The van der Waals surface area contributed by atoms with Crippen LogP contribution in [0.25, 0.3) is 0 Å². The molecule has 2 rings (SSSR count). The van der Waals surface area contributed by atoms with Crippen molar-refractivity contribution >= 4 is 5.97 Å². The third kappa shape index (κ3) is 7.49. The van der Waals surface area contributed by atoms with Crippen molar-refractivity contribution in [3.63, 3.8) is 0 Å². The van der Waals surface area contributed by atoms with Gasteiger partial charge in [-0.15, -0.1) is 0 Å². The molecular weight excluding hydrogens is 356 g/mol. The van der Waals surface area contributed by atoms with E-state index in [2.05, 4.69) is 19.1 Å². The molecule has 1 aliphatic heterocycles. The predicted molar refractivity (Wildman–Crippen MR) is 110 cm³/mol. The van der Waals surface area contributed by atoms with Crippen LogP contribution in [0.4, 0.5) is 0 Å². The van der Waals surface area contributed by atoms with Crippen LogP contribution in [-0.2, 0) is 23.7 Å². The molecular formula is C23H40O5. The molecule has 0 N–H and O–H groups in total. The van der Waals surface area contributed by atoms with Gasteiger partial charge in [0.25, 0.3) is 0 Å². The van der Waals surface area contributed by atoms with Crippen molar-refractivity contribution in [2.75, 3.05) is 26.4 Å². The second kappa shape index (κ2) is 11.3. The number of rotatable bonds is 11. The van der Waals surface area contributed by atoms with Crippen LogP contribution in [-0.4, -0.2) is 43.8 Å². The minimum absolute atomic E-state index is 0.0446. The molecule has 2 aliphatic rings. The van der Waals surface area contributed by atoms with Gasteiger partial charge in [0.05, 0.1) is 13.2 Å². The monoisotopic (exact) mass is 396 g/mol. The summed E-state index contributed by atoms with van der Waals surface area (Å²) in [4.78, 5) is 11.6. The van der Waals surface area contributed by atoms with Gasteiger partial charge in [-0.3, -0.25) is 0 Å². The molecule has 0 aromatic heterocycles. The summed E-state index contributed by atoms with van der Waals surface area (Å²) in [6, 6.07) is 0. The molecule has 5 heteroatoms. The number of carbonyl (C=O) groups excluding carboxylic acids is 1. The molecule has 2 atom stereocenters. The Morgan fingerprint density at radius 3 is 2.57 bits per heavy atom. The zero-order valence-corrected chi connectivity index (χ0v) is 18.3. The summed E-state index contributed by atoms with van der Waals surface area (Å²) in [6.45, 7) is 9.89. The summed E-state index contributed by atoms with van der Waals surface area (Å²) in [6.07, 6.45) is 13.4. The Kier molecular flexibility index (Phi) is 9.45. The average Bonchev–Trinajstić information content (AvgIpc) is 3.22. The predicted octanol–water partition coefficient (Wildman–Crippen LogP) is 5.03. The number of hydrogen-bond donors (Lipinski definition) is 0. The van der Waals surface area contributed by atoms with Gasteiger partial charge in [-0.2, -0.15) is 0 Å². The van der Waals surface area contributed by atoms with Crippen molar-refractivity contribution in [3.05, 3.63) is 12.2 Å². The lowest BCUT2D eigenvalue weighted by Gasteiger charge is -2.31. The van der Waals surface area contributed by atoms with E-state index in [1.807, 2.05) is 20.8 Å². The Hall–Kier alpha value is -0.910. The second-order valence-corrected chi connectivity index (χ2v) is 9.02. The van der Waals surface area contributed by atoms with E-state index in [-0.39, 0.29) is 18.4 Å². The first-order valence-corrected chi connectivity index (χ1v) is 11.1. The van der Waals surface area contributed by atoms with E-state index < -0.39 is 5.60 Å². The topological polar surface area (TPSA) is 54.0 Å². The lowest BCUT2D eigenvalue weighted by Crippen LogP contribution is -2.36. The van der Waals surface area contributed by atoms with Crippen LogP contribution in [0.3, 0.4) is 0 Å². The van der Waals surface area contributed by atoms with Gasteiger partial charge in [0.15, 0.2) is 5.79 Å². The van der Waals surface area contributed by atoms with Gasteiger partial charge >= 0.3 is 5.97 Å². The van der Waals surface area contributed by atoms with E-state index >= 15 is 0 Å². The number of unbranched alkanes of at least 4 members (excludes halogenated alkanes) is 2. The highest BCUT2D eigenvalue weighted by molar-refractivity contribution is 5.71. The van der Waals surface area contributed by atoms with Crippen LogP contribution in [0, 0.1) is 11.8 Å². The fourth-order valence-corrected chi connectivity index (χ4v) is 4.40. The smallest absolute Gasteiger partial charge is 0.332 e. The molecule has 1 aliphatic carbocycles. The maximum absolute atomic E-state index is 11.6. The fourth-order valence-electron chi connectivity index (χ4n) is 4.40. The van der Waals surface area contributed by atoms with Crippen LogP contribution in [0.2, 0.25) is 0 Å². The summed E-state index contributed by atoms with van der Waals surface area (Å²) in [5, 5.41) is 0. The molecule has 0 radical (unpaired) electrons. The molecule has 2 fully saturated rings. The summed E-state index contributed by atoms with van der Waals surface area (Å²) >= 11 is 0. The van der Waals surface area contributed by atoms with Crippen molar-refractivity contribution in [2.45, 2.75) is 90.4 Å². The summed E-state index contributed by atoms with van der Waals surface area (Å²) in [7, 11) is 0. The van der Waals surface area contributed by atoms with Crippen molar-refractivity contribution in [3.8, 4) is 0 Å². The summed E-state index contributed by atoms with van der Waals surface area (Å²) < 4.78 is 22.8. The second-order valence-electron chi connectivity index (χ2n) is 9.02. The van der Waals surface area contributed by atoms with Gasteiger partial charge in [0.1, 0.15) is 12.2 Å². The molecule has 1 saturated carbocycles. The summed E-state index contributed by atoms with van der Waals surface area (Å²) in [5.74, 6) is 0.533. The minimum Gasteiger partial charge on any atom is -0.458 e. The Balaban J connectivity index is 1.63. The molecule has 0 aromatic rings. The largest absolute Gasteiger partial charge is 0.458 e. The van der Waals surface area contributed by atoms with Crippen LogP contribution in [0.1, 0.15) is 79.1 Å². The highest BCUT2D eigenvalue weighted by Gasteiger charge is 2.51. The standard InChI is InChI=1S/C23H40O5/c1-5-6-8-12-20-19(13-14-23(20)26-16-17-27-23)11-9-7-10-15-25-18-21(24)28-22(2,3)4/h6,8,19-20H,5,7,9-18H2,1-4H3/b8-6-/t19-,20+/m0/s1. The van der Waals surface area contributed by atoms with E-state index in [4.69, 9.17) is 18.9 Å². The van der Waals surface area contributed by atoms with Crippen molar-refractivity contribution in [1.82, 2.24) is 0 Å². The maximum atomic E-state index is 11.6. The first-order chi connectivity index (χ1) is 13.4. The zero-order chi connectivity index (χ0) is 20.5.